The predicted molar refractivity (Wildman–Crippen MR) is 108 cm³/mol. The summed E-state index contributed by atoms with van der Waals surface area (Å²) in [7, 11) is 0. The fourth-order valence-corrected chi connectivity index (χ4v) is 4.67. The molecule has 0 saturated heterocycles. The summed E-state index contributed by atoms with van der Waals surface area (Å²) < 4.78 is 1.71. The second kappa shape index (κ2) is 5.79. The predicted octanol–water partition coefficient (Wildman–Crippen LogP) is 3.25. The van der Waals surface area contributed by atoms with E-state index in [-0.39, 0.29) is 5.56 Å². The third-order valence-corrected chi connectivity index (χ3v) is 6.07. The Labute approximate surface area is 161 Å². The SMILES string of the molecule is O=c1[nH]c(NC2C3CCc4ccccc4C32)nc2c1cnn2-c1ccccc1. The van der Waals surface area contributed by atoms with E-state index in [1.807, 2.05) is 30.3 Å². The Bertz CT molecular complexity index is 1240. The van der Waals surface area contributed by atoms with E-state index >= 15 is 0 Å². The van der Waals surface area contributed by atoms with Crippen molar-refractivity contribution in [3.05, 3.63) is 82.3 Å². The van der Waals surface area contributed by atoms with Gasteiger partial charge in [-0.2, -0.15) is 10.1 Å². The molecule has 3 unspecified atom stereocenters. The van der Waals surface area contributed by atoms with Crippen LogP contribution >= 0.6 is 0 Å². The number of nitrogens with one attached hydrogen (secondary N) is 2. The Morgan fingerprint density at radius 3 is 2.79 bits per heavy atom. The van der Waals surface area contributed by atoms with Gasteiger partial charge < -0.3 is 5.32 Å². The first-order valence-electron chi connectivity index (χ1n) is 9.67. The number of H-pyrrole nitrogens is 1. The van der Waals surface area contributed by atoms with Crippen molar-refractivity contribution in [1.82, 2.24) is 19.7 Å². The summed E-state index contributed by atoms with van der Waals surface area (Å²) in [6.07, 6.45) is 3.87. The molecule has 2 aliphatic rings. The minimum Gasteiger partial charge on any atom is -0.352 e. The van der Waals surface area contributed by atoms with Crippen LogP contribution in [0.2, 0.25) is 0 Å². The molecule has 6 nitrogen and oxygen atoms in total. The molecule has 2 aromatic carbocycles. The van der Waals surface area contributed by atoms with Gasteiger partial charge in [0.25, 0.3) is 5.56 Å². The number of benzene rings is 2. The Hall–Kier alpha value is -3.41. The van der Waals surface area contributed by atoms with Gasteiger partial charge in [-0.1, -0.05) is 42.5 Å². The molecular formula is C22H19N5O. The number of para-hydroxylation sites is 1. The van der Waals surface area contributed by atoms with E-state index in [0.717, 1.165) is 12.1 Å². The maximum Gasteiger partial charge on any atom is 0.263 e. The maximum atomic E-state index is 12.6. The number of aryl methyl sites for hydroxylation is 1. The molecule has 1 saturated carbocycles. The first-order chi connectivity index (χ1) is 13.8. The average Bonchev–Trinajstić information content (AvgIpc) is 3.25. The van der Waals surface area contributed by atoms with Crippen molar-refractivity contribution in [1.29, 1.82) is 0 Å². The Balaban J connectivity index is 1.36. The molecule has 0 aliphatic heterocycles. The van der Waals surface area contributed by atoms with Crippen molar-refractivity contribution < 1.29 is 0 Å². The lowest BCUT2D eigenvalue weighted by Crippen LogP contribution is -2.16. The topological polar surface area (TPSA) is 75.6 Å². The molecule has 2 aromatic heterocycles. The molecule has 28 heavy (non-hydrogen) atoms. The van der Waals surface area contributed by atoms with Crippen molar-refractivity contribution in [3.8, 4) is 5.69 Å². The fraction of sp³-hybridized carbons (Fsp3) is 0.227. The molecule has 1 fully saturated rings. The van der Waals surface area contributed by atoms with E-state index in [1.165, 1.54) is 17.5 Å². The van der Waals surface area contributed by atoms with Gasteiger partial charge in [0.05, 0.1) is 11.9 Å². The normalized spacial score (nSPS) is 22.5. The fourth-order valence-electron chi connectivity index (χ4n) is 4.67. The Kier molecular flexibility index (Phi) is 3.23. The highest BCUT2D eigenvalue weighted by atomic mass is 16.1. The van der Waals surface area contributed by atoms with E-state index < -0.39 is 0 Å². The molecule has 0 radical (unpaired) electrons. The Morgan fingerprint density at radius 2 is 1.89 bits per heavy atom. The van der Waals surface area contributed by atoms with Gasteiger partial charge in [-0.05, 0) is 42.0 Å². The molecule has 6 heteroatoms. The molecular weight excluding hydrogens is 350 g/mol. The van der Waals surface area contributed by atoms with Gasteiger partial charge in [-0.15, -0.1) is 0 Å². The molecule has 4 aromatic rings. The summed E-state index contributed by atoms with van der Waals surface area (Å²) in [6.45, 7) is 0. The molecule has 2 N–H and O–H groups in total. The van der Waals surface area contributed by atoms with Gasteiger partial charge in [-0.3, -0.25) is 9.78 Å². The van der Waals surface area contributed by atoms with Crippen LogP contribution in [-0.4, -0.2) is 25.8 Å². The van der Waals surface area contributed by atoms with Gasteiger partial charge in [-0.25, -0.2) is 4.68 Å². The zero-order valence-electron chi connectivity index (χ0n) is 15.2. The first kappa shape index (κ1) is 15.6. The zero-order valence-corrected chi connectivity index (χ0v) is 15.2. The van der Waals surface area contributed by atoms with E-state index in [4.69, 9.17) is 4.98 Å². The summed E-state index contributed by atoms with van der Waals surface area (Å²) in [6, 6.07) is 18.8. The minimum atomic E-state index is -0.168. The van der Waals surface area contributed by atoms with E-state index in [0.29, 0.717) is 34.9 Å². The quantitative estimate of drug-likeness (QED) is 0.581. The largest absolute Gasteiger partial charge is 0.352 e. The summed E-state index contributed by atoms with van der Waals surface area (Å²) in [5.74, 6) is 1.63. The molecule has 0 amide bonds. The maximum absolute atomic E-state index is 12.6. The number of aromatic amines is 1. The van der Waals surface area contributed by atoms with Crippen LogP contribution in [0.5, 0.6) is 0 Å². The number of anilines is 1. The Morgan fingerprint density at radius 1 is 1.07 bits per heavy atom. The zero-order chi connectivity index (χ0) is 18.7. The second-order valence-corrected chi connectivity index (χ2v) is 7.64. The standard InChI is InChI=1S/C22H19N5O/c28-21-17-12-23-27(14-7-2-1-3-8-14)20(17)25-22(26-21)24-19-16-11-10-13-6-4-5-9-15(13)18(16)19/h1-9,12,16,18-19H,10-11H2,(H2,24,25,26,28). The first-order valence-corrected chi connectivity index (χ1v) is 9.67. The van der Waals surface area contributed by atoms with Gasteiger partial charge in [0.2, 0.25) is 5.95 Å². The van der Waals surface area contributed by atoms with Crippen LogP contribution in [0.4, 0.5) is 5.95 Å². The number of rotatable bonds is 3. The second-order valence-electron chi connectivity index (χ2n) is 7.64. The highest BCUT2D eigenvalue weighted by Gasteiger charge is 2.53. The van der Waals surface area contributed by atoms with E-state index in [2.05, 4.69) is 39.7 Å². The highest BCUT2D eigenvalue weighted by molar-refractivity contribution is 5.76. The third-order valence-electron chi connectivity index (χ3n) is 6.07. The van der Waals surface area contributed by atoms with Crippen LogP contribution in [0.3, 0.4) is 0 Å². The minimum absolute atomic E-state index is 0.168. The van der Waals surface area contributed by atoms with Crippen LogP contribution in [-0.2, 0) is 6.42 Å². The van der Waals surface area contributed by atoms with Crippen molar-refractivity contribution >= 4 is 17.0 Å². The molecule has 6 rings (SSSR count). The summed E-state index contributed by atoms with van der Waals surface area (Å²) in [5, 5.41) is 8.36. The third kappa shape index (κ3) is 2.30. The summed E-state index contributed by atoms with van der Waals surface area (Å²) in [4.78, 5) is 20.2. The van der Waals surface area contributed by atoms with Gasteiger partial charge >= 0.3 is 0 Å². The monoisotopic (exact) mass is 369 g/mol. The molecule has 0 bridgehead atoms. The van der Waals surface area contributed by atoms with Crippen LogP contribution < -0.4 is 10.9 Å². The van der Waals surface area contributed by atoms with Crippen molar-refractivity contribution in [2.45, 2.75) is 24.8 Å². The molecule has 3 atom stereocenters. The lowest BCUT2D eigenvalue weighted by atomic mass is 9.92. The number of nitrogens with zero attached hydrogens (tertiary/aromatic N) is 3. The highest BCUT2D eigenvalue weighted by Crippen LogP contribution is 2.55. The van der Waals surface area contributed by atoms with E-state index in [1.54, 1.807) is 10.9 Å². The summed E-state index contributed by atoms with van der Waals surface area (Å²) in [5.41, 5.74) is 4.18. The molecule has 2 aliphatic carbocycles. The summed E-state index contributed by atoms with van der Waals surface area (Å²) >= 11 is 0. The van der Waals surface area contributed by atoms with Crippen LogP contribution in [0, 0.1) is 5.92 Å². The number of aromatic nitrogens is 4. The van der Waals surface area contributed by atoms with Crippen molar-refractivity contribution in [2.24, 2.45) is 5.92 Å². The van der Waals surface area contributed by atoms with Gasteiger partial charge in [0.1, 0.15) is 5.39 Å². The van der Waals surface area contributed by atoms with Gasteiger partial charge in [0.15, 0.2) is 5.65 Å². The number of fused-ring (bicyclic) bond motifs is 4. The van der Waals surface area contributed by atoms with Crippen LogP contribution in [0.1, 0.15) is 23.5 Å². The average molecular weight is 369 g/mol. The van der Waals surface area contributed by atoms with Crippen LogP contribution in [0.15, 0.2) is 65.6 Å². The smallest absolute Gasteiger partial charge is 0.263 e. The lowest BCUT2D eigenvalue weighted by molar-refractivity contribution is 0.661. The molecule has 2 heterocycles. The lowest BCUT2D eigenvalue weighted by Gasteiger charge is -2.13. The van der Waals surface area contributed by atoms with Crippen LogP contribution in [0.25, 0.3) is 16.7 Å². The van der Waals surface area contributed by atoms with Crippen molar-refractivity contribution in [3.63, 3.8) is 0 Å². The molecule has 0 spiro atoms. The number of hydrogen-bond acceptors (Lipinski definition) is 4. The number of hydrogen-bond donors (Lipinski definition) is 2. The van der Waals surface area contributed by atoms with E-state index in [9.17, 15) is 4.79 Å². The molecule has 138 valence electrons. The van der Waals surface area contributed by atoms with Crippen molar-refractivity contribution in [2.75, 3.05) is 5.32 Å². The van der Waals surface area contributed by atoms with Gasteiger partial charge in [0, 0.05) is 12.0 Å².